The molecular weight excluding hydrogens is 224 g/mol. The molecule has 0 aliphatic heterocycles. The third-order valence-electron chi connectivity index (χ3n) is 2.35. The van der Waals surface area contributed by atoms with Gasteiger partial charge in [-0.1, -0.05) is 52.3 Å². The minimum Gasteiger partial charge on any atom is -0.0876 e. The van der Waals surface area contributed by atoms with Gasteiger partial charge in [0.05, 0.1) is 0 Å². The van der Waals surface area contributed by atoms with Gasteiger partial charge in [-0.3, -0.25) is 0 Å². The number of benzene rings is 2. The van der Waals surface area contributed by atoms with Gasteiger partial charge in [-0.25, -0.2) is 0 Å². The quantitative estimate of drug-likeness (QED) is 0.654. The summed E-state index contributed by atoms with van der Waals surface area (Å²) in [5.41, 5.74) is 2.73. The van der Waals surface area contributed by atoms with Gasteiger partial charge in [0, 0.05) is 5.33 Å². The summed E-state index contributed by atoms with van der Waals surface area (Å²) in [6, 6.07) is 13.0. The van der Waals surface area contributed by atoms with E-state index in [1.54, 1.807) is 0 Å². The average molecular weight is 235 g/mol. The van der Waals surface area contributed by atoms with E-state index in [1.807, 2.05) is 0 Å². The first-order valence-corrected chi connectivity index (χ1v) is 5.47. The van der Waals surface area contributed by atoms with Crippen LogP contribution in [0, 0.1) is 6.92 Å². The van der Waals surface area contributed by atoms with Crippen LogP contribution in [0.15, 0.2) is 36.4 Å². The van der Waals surface area contributed by atoms with Gasteiger partial charge < -0.3 is 0 Å². The lowest BCUT2D eigenvalue weighted by atomic mass is 10.0. The number of fused-ring (bicyclic) bond motifs is 1. The number of alkyl halides is 1. The highest BCUT2D eigenvalue weighted by Crippen LogP contribution is 2.20. The van der Waals surface area contributed by atoms with Gasteiger partial charge in [0.1, 0.15) is 0 Å². The van der Waals surface area contributed by atoms with Crippen LogP contribution in [-0.2, 0) is 5.33 Å². The number of aryl methyl sites for hydroxylation is 1. The average Bonchev–Trinajstić information content (AvgIpc) is 2.17. The summed E-state index contributed by atoms with van der Waals surface area (Å²) >= 11 is 3.49. The molecule has 0 aromatic heterocycles. The largest absolute Gasteiger partial charge is 0.0876 e. The van der Waals surface area contributed by atoms with Crippen LogP contribution in [-0.4, -0.2) is 0 Å². The fraction of sp³-hybridized carbons (Fsp3) is 0.167. The molecule has 0 aliphatic rings. The summed E-state index contributed by atoms with van der Waals surface area (Å²) in [5.74, 6) is 0. The molecule has 66 valence electrons. The Balaban J connectivity index is 2.74. The normalized spacial score (nSPS) is 10.6. The molecule has 2 aromatic rings. The van der Waals surface area contributed by atoms with Crippen molar-refractivity contribution in [1.82, 2.24) is 0 Å². The highest BCUT2D eigenvalue weighted by molar-refractivity contribution is 9.08. The zero-order valence-corrected chi connectivity index (χ0v) is 9.14. The molecular formula is C12H11Br. The van der Waals surface area contributed by atoms with Crippen molar-refractivity contribution in [2.45, 2.75) is 12.3 Å². The summed E-state index contributed by atoms with van der Waals surface area (Å²) < 4.78 is 0. The molecule has 0 spiro atoms. The van der Waals surface area contributed by atoms with Crippen LogP contribution in [0.3, 0.4) is 0 Å². The van der Waals surface area contributed by atoms with Crippen molar-refractivity contribution in [3.8, 4) is 0 Å². The van der Waals surface area contributed by atoms with E-state index in [-0.39, 0.29) is 0 Å². The van der Waals surface area contributed by atoms with Gasteiger partial charge >= 0.3 is 0 Å². The van der Waals surface area contributed by atoms with E-state index in [0.29, 0.717) is 0 Å². The number of hydrogen-bond acceptors (Lipinski definition) is 0. The SMILES string of the molecule is Cc1cc2ccccc2cc1CBr. The van der Waals surface area contributed by atoms with E-state index in [9.17, 15) is 0 Å². The zero-order valence-electron chi connectivity index (χ0n) is 7.55. The topological polar surface area (TPSA) is 0 Å². The van der Waals surface area contributed by atoms with Gasteiger partial charge in [0.25, 0.3) is 0 Å². The first kappa shape index (κ1) is 8.76. The van der Waals surface area contributed by atoms with Crippen molar-refractivity contribution in [2.75, 3.05) is 0 Å². The van der Waals surface area contributed by atoms with Gasteiger partial charge in [0.2, 0.25) is 0 Å². The van der Waals surface area contributed by atoms with Crippen LogP contribution in [0.4, 0.5) is 0 Å². The lowest BCUT2D eigenvalue weighted by molar-refractivity contribution is 1.34. The molecule has 0 radical (unpaired) electrons. The van der Waals surface area contributed by atoms with E-state index < -0.39 is 0 Å². The van der Waals surface area contributed by atoms with E-state index in [1.165, 1.54) is 21.9 Å². The lowest BCUT2D eigenvalue weighted by Crippen LogP contribution is -1.84. The van der Waals surface area contributed by atoms with Crippen LogP contribution in [0.5, 0.6) is 0 Å². The molecule has 0 saturated carbocycles. The molecule has 0 N–H and O–H groups in total. The molecule has 2 rings (SSSR count). The van der Waals surface area contributed by atoms with Crippen molar-refractivity contribution >= 4 is 26.7 Å². The summed E-state index contributed by atoms with van der Waals surface area (Å²) in [4.78, 5) is 0. The van der Waals surface area contributed by atoms with Crippen LogP contribution >= 0.6 is 15.9 Å². The van der Waals surface area contributed by atoms with Crippen molar-refractivity contribution in [3.05, 3.63) is 47.5 Å². The summed E-state index contributed by atoms with van der Waals surface area (Å²) in [5, 5.41) is 3.58. The second-order valence-electron chi connectivity index (χ2n) is 3.26. The lowest BCUT2D eigenvalue weighted by Gasteiger charge is -2.04. The van der Waals surface area contributed by atoms with Crippen molar-refractivity contribution < 1.29 is 0 Å². The molecule has 0 unspecified atom stereocenters. The van der Waals surface area contributed by atoms with Gasteiger partial charge in [-0.2, -0.15) is 0 Å². The summed E-state index contributed by atoms with van der Waals surface area (Å²) in [6.07, 6.45) is 0. The predicted octanol–water partition coefficient (Wildman–Crippen LogP) is 4.04. The molecule has 0 bridgehead atoms. The second kappa shape index (κ2) is 3.51. The van der Waals surface area contributed by atoms with Crippen LogP contribution in [0.1, 0.15) is 11.1 Å². The Morgan fingerprint density at radius 2 is 1.69 bits per heavy atom. The van der Waals surface area contributed by atoms with Gasteiger partial charge in [-0.15, -0.1) is 0 Å². The maximum atomic E-state index is 3.49. The van der Waals surface area contributed by atoms with Gasteiger partial charge in [-0.05, 0) is 28.8 Å². The maximum absolute atomic E-state index is 3.49. The van der Waals surface area contributed by atoms with Crippen molar-refractivity contribution in [2.24, 2.45) is 0 Å². The number of hydrogen-bond donors (Lipinski definition) is 0. The van der Waals surface area contributed by atoms with E-state index in [0.717, 1.165) is 5.33 Å². The van der Waals surface area contributed by atoms with Crippen LogP contribution in [0.25, 0.3) is 10.8 Å². The molecule has 1 heteroatoms. The maximum Gasteiger partial charge on any atom is 0.0285 e. The van der Waals surface area contributed by atoms with Crippen molar-refractivity contribution in [1.29, 1.82) is 0 Å². The first-order chi connectivity index (χ1) is 6.31. The first-order valence-electron chi connectivity index (χ1n) is 4.35. The standard InChI is InChI=1S/C12H11Br/c1-9-6-10-4-2-3-5-11(10)7-12(9)8-13/h2-7H,8H2,1H3. The second-order valence-corrected chi connectivity index (χ2v) is 3.82. The molecule has 0 amide bonds. The Morgan fingerprint density at radius 1 is 1.08 bits per heavy atom. The van der Waals surface area contributed by atoms with E-state index in [4.69, 9.17) is 0 Å². The fourth-order valence-corrected chi connectivity index (χ4v) is 2.15. The zero-order chi connectivity index (χ0) is 9.26. The molecule has 13 heavy (non-hydrogen) atoms. The van der Waals surface area contributed by atoms with Crippen LogP contribution < -0.4 is 0 Å². The molecule has 0 fully saturated rings. The molecule has 0 heterocycles. The van der Waals surface area contributed by atoms with E-state index in [2.05, 4.69) is 59.3 Å². The molecule has 2 aromatic carbocycles. The Labute approximate surface area is 86.7 Å². The highest BCUT2D eigenvalue weighted by Gasteiger charge is 1.98. The summed E-state index contributed by atoms with van der Waals surface area (Å²) in [6.45, 7) is 2.16. The van der Waals surface area contributed by atoms with Gasteiger partial charge in [0.15, 0.2) is 0 Å². The Hall–Kier alpha value is -0.820. The Morgan fingerprint density at radius 3 is 2.31 bits per heavy atom. The fourth-order valence-electron chi connectivity index (χ4n) is 1.55. The minimum absolute atomic E-state index is 0.934. The Kier molecular flexibility index (Phi) is 2.36. The molecule has 0 nitrogen and oxygen atoms in total. The van der Waals surface area contributed by atoms with Crippen LogP contribution in [0.2, 0.25) is 0 Å². The third-order valence-corrected chi connectivity index (χ3v) is 2.95. The number of halogens is 1. The van der Waals surface area contributed by atoms with E-state index >= 15 is 0 Å². The molecule has 0 atom stereocenters. The highest BCUT2D eigenvalue weighted by atomic mass is 79.9. The molecule has 0 saturated heterocycles. The summed E-state index contributed by atoms with van der Waals surface area (Å²) in [7, 11) is 0. The predicted molar refractivity (Wildman–Crippen MR) is 61.3 cm³/mol. The number of rotatable bonds is 1. The van der Waals surface area contributed by atoms with Crippen molar-refractivity contribution in [3.63, 3.8) is 0 Å². The monoisotopic (exact) mass is 234 g/mol. The Bertz CT molecular complexity index is 432. The minimum atomic E-state index is 0.934. The molecule has 0 aliphatic carbocycles. The smallest absolute Gasteiger partial charge is 0.0285 e. The third kappa shape index (κ3) is 1.61.